The molecule has 0 aliphatic carbocycles. The number of nitrogens with zero attached hydrogens (tertiary/aromatic N) is 3. The lowest BCUT2D eigenvalue weighted by molar-refractivity contribution is -0.137. The monoisotopic (exact) mass is 420 g/mol. The second-order valence-corrected chi connectivity index (χ2v) is 7.00. The molecule has 3 rings (SSSR count). The summed E-state index contributed by atoms with van der Waals surface area (Å²) >= 11 is 0. The number of anilines is 2. The normalized spacial score (nSPS) is 13.9. The molecule has 0 spiro atoms. The van der Waals surface area contributed by atoms with Crippen LogP contribution in [0.5, 0.6) is 0 Å². The average Bonchev–Trinajstić information content (AvgIpc) is 3.26. The van der Waals surface area contributed by atoms with E-state index in [2.05, 4.69) is 15.2 Å². The fraction of sp³-hybridized carbons (Fsp3) is 0.381. The maximum Gasteiger partial charge on any atom is 0.418 e. The van der Waals surface area contributed by atoms with E-state index in [1.165, 1.54) is 23.1 Å². The molecule has 1 aromatic carbocycles. The van der Waals surface area contributed by atoms with Crippen LogP contribution in [0.15, 0.2) is 42.6 Å². The fourth-order valence-corrected chi connectivity index (χ4v) is 3.40. The number of pyridine rings is 1. The van der Waals surface area contributed by atoms with Crippen LogP contribution in [-0.4, -0.2) is 47.9 Å². The van der Waals surface area contributed by atoms with Gasteiger partial charge < -0.3 is 15.1 Å². The summed E-state index contributed by atoms with van der Waals surface area (Å²) in [6.45, 7) is 3.35. The molecule has 1 saturated heterocycles. The Balaban J connectivity index is 1.70. The summed E-state index contributed by atoms with van der Waals surface area (Å²) in [5.41, 5.74) is -0.185. The van der Waals surface area contributed by atoms with Gasteiger partial charge in [0, 0.05) is 31.5 Å². The van der Waals surface area contributed by atoms with Crippen LogP contribution >= 0.6 is 0 Å². The Hall–Kier alpha value is -3.10. The maximum absolute atomic E-state index is 13.1. The van der Waals surface area contributed by atoms with E-state index in [1.807, 2.05) is 6.07 Å². The highest BCUT2D eigenvalue weighted by molar-refractivity contribution is 5.99. The number of hydrogen-bond acceptors (Lipinski definition) is 4. The van der Waals surface area contributed by atoms with Crippen LogP contribution in [0, 0.1) is 0 Å². The van der Waals surface area contributed by atoms with Gasteiger partial charge >= 0.3 is 6.18 Å². The molecular weight excluding hydrogens is 397 g/mol. The van der Waals surface area contributed by atoms with Gasteiger partial charge in [0.15, 0.2) is 0 Å². The van der Waals surface area contributed by atoms with Gasteiger partial charge in [-0.05, 0) is 44.0 Å². The number of hydrogen-bond donors (Lipinski definition) is 1. The molecular formula is C21H23F3N4O2. The van der Waals surface area contributed by atoms with Crippen molar-refractivity contribution in [3.63, 3.8) is 0 Å². The first-order valence-electron chi connectivity index (χ1n) is 9.76. The van der Waals surface area contributed by atoms with Gasteiger partial charge in [0.2, 0.25) is 5.91 Å². The minimum Gasteiger partial charge on any atom is -0.371 e. The van der Waals surface area contributed by atoms with Crippen molar-refractivity contribution < 1.29 is 22.8 Å². The van der Waals surface area contributed by atoms with Gasteiger partial charge in [-0.15, -0.1) is 0 Å². The van der Waals surface area contributed by atoms with Gasteiger partial charge in [0.1, 0.15) is 12.2 Å². The predicted molar refractivity (Wildman–Crippen MR) is 107 cm³/mol. The van der Waals surface area contributed by atoms with Crippen LogP contribution in [0.3, 0.4) is 0 Å². The molecule has 0 bridgehead atoms. The van der Waals surface area contributed by atoms with Crippen molar-refractivity contribution in [3.05, 3.63) is 53.9 Å². The molecule has 6 nitrogen and oxygen atoms in total. The molecule has 0 saturated carbocycles. The second kappa shape index (κ2) is 9.15. The van der Waals surface area contributed by atoms with Crippen LogP contribution in [0.2, 0.25) is 0 Å². The molecule has 1 aromatic heterocycles. The number of para-hydroxylation sites is 1. The summed E-state index contributed by atoms with van der Waals surface area (Å²) < 4.78 is 39.3. The Morgan fingerprint density at radius 3 is 2.53 bits per heavy atom. The molecule has 0 unspecified atom stereocenters. The third-order valence-corrected chi connectivity index (χ3v) is 4.94. The standard InChI is InChI=1S/C21H23F3N4O2/c1-2-27(14-19(29)26-17-8-4-3-7-16(17)21(22,23)24)20(30)18-13-15(9-10-25-18)28-11-5-6-12-28/h3-4,7-10,13H,2,5-6,11-12,14H2,1H3,(H,26,29). The van der Waals surface area contributed by atoms with Crippen LogP contribution in [0.1, 0.15) is 35.8 Å². The summed E-state index contributed by atoms with van der Waals surface area (Å²) in [6, 6.07) is 8.25. The van der Waals surface area contributed by atoms with Gasteiger partial charge in [0.25, 0.3) is 5.91 Å². The number of carbonyl (C=O) groups is 2. The Labute approximate surface area is 172 Å². The molecule has 0 atom stereocenters. The zero-order valence-electron chi connectivity index (χ0n) is 16.6. The average molecular weight is 420 g/mol. The van der Waals surface area contributed by atoms with E-state index in [-0.39, 0.29) is 24.5 Å². The smallest absolute Gasteiger partial charge is 0.371 e. The summed E-state index contributed by atoms with van der Waals surface area (Å²) in [5, 5.41) is 2.26. The molecule has 1 aliphatic rings. The first kappa shape index (κ1) is 21.6. The molecule has 0 radical (unpaired) electrons. The molecule has 2 aromatic rings. The van der Waals surface area contributed by atoms with Gasteiger partial charge in [-0.2, -0.15) is 13.2 Å². The molecule has 160 valence electrons. The zero-order chi connectivity index (χ0) is 21.7. The number of amides is 2. The zero-order valence-corrected chi connectivity index (χ0v) is 16.6. The molecule has 1 N–H and O–H groups in total. The minimum atomic E-state index is -4.59. The van der Waals surface area contributed by atoms with Crippen molar-refractivity contribution in [2.24, 2.45) is 0 Å². The number of nitrogens with one attached hydrogen (secondary N) is 1. The van der Waals surface area contributed by atoms with E-state index in [4.69, 9.17) is 0 Å². The molecule has 1 aliphatic heterocycles. The van der Waals surface area contributed by atoms with Crippen molar-refractivity contribution in [1.29, 1.82) is 0 Å². The Bertz CT molecular complexity index is 911. The van der Waals surface area contributed by atoms with Crippen molar-refractivity contribution in [3.8, 4) is 0 Å². The second-order valence-electron chi connectivity index (χ2n) is 7.00. The van der Waals surface area contributed by atoms with Crippen LogP contribution in [-0.2, 0) is 11.0 Å². The summed E-state index contributed by atoms with van der Waals surface area (Å²) in [6.07, 6.45) is -0.864. The molecule has 1 fully saturated rings. The number of benzene rings is 1. The Kier molecular flexibility index (Phi) is 6.59. The van der Waals surface area contributed by atoms with E-state index in [0.29, 0.717) is 0 Å². The summed E-state index contributed by atoms with van der Waals surface area (Å²) in [4.78, 5) is 32.7. The van der Waals surface area contributed by atoms with Crippen molar-refractivity contribution >= 4 is 23.2 Å². The topological polar surface area (TPSA) is 65.5 Å². The number of aromatic nitrogens is 1. The van der Waals surface area contributed by atoms with Gasteiger partial charge in [-0.1, -0.05) is 12.1 Å². The lowest BCUT2D eigenvalue weighted by Crippen LogP contribution is -2.38. The van der Waals surface area contributed by atoms with Crippen molar-refractivity contribution in [1.82, 2.24) is 9.88 Å². The van der Waals surface area contributed by atoms with Crippen LogP contribution in [0.25, 0.3) is 0 Å². The predicted octanol–water partition coefficient (Wildman–Crippen LogP) is 3.80. The van der Waals surface area contributed by atoms with Crippen molar-refractivity contribution in [2.75, 3.05) is 36.4 Å². The first-order valence-corrected chi connectivity index (χ1v) is 9.76. The molecule has 9 heteroatoms. The summed E-state index contributed by atoms with van der Waals surface area (Å²) in [5.74, 6) is -1.16. The molecule has 30 heavy (non-hydrogen) atoms. The highest BCUT2D eigenvalue weighted by Crippen LogP contribution is 2.34. The van der Waals surface area contributed by atoms with E-state index >= 15 is 0 Å². The SMILES string of the molecule is CCN(CC(=O)Nc1ccccc1C(F)(F)F)C(=O)c1cc(N2CCCC2)ccn1. The van der Waals surface area contributed by atoms with E-state index in [0.717, 1.165) is 37.7 Å². The van der Waals surface area contributed by atoms with E-state index < -0.39 is 23.6 Å². The van der Waals surface area contributed by atoms with Crippen molar-refractivity contribution in [2.45, 2.75) is 25.9 Å². The lowest BCUT2D eigenvalue weighted by Gasteiger charge is -2.22. The highest BCUT2D eigenvalue weighted by atomic mass is 19.4. The molecule has 2 amide bonds. The lowest BCUT2D eigenvalue weighted by atomic mass is 10.1. The number of alkyl halides is 3. The van der Waals surface area contributed by atoms with E-state index in [9.17, 15) is 22.8 Å². The summed E-state index contributed by atoms with van der Waals surface area (Å²) in [7, 11) is 0. The number of carbonyl (C=O) groups excluding carboxylic acids is 2. The minimum absolute atomic E-state index is 0.199. The van der Waals surface area contributed by atoms with Crippen LogP contribution in [0.4, 0.5) is 24.5 Å². The van der Waals surface area contributed by atoms with E-state index in [1.54, 1.807) is 19.2 Å². The Morgan fingerprint density at radius 2 is 1.87 bits per heavy atom. The first-order chi connectivity index (χ1) is 14.3. The maximum atomic E-state index is 13.1. The quantitative estimate of drug-likeness (QED) is 0.772. The van der Waals surface area contributed by atoms with Gasteiger partial charge in [0.05, 0.1) is 11.3 Å². The number of halogens is 3. The largest absolute Gasteiger partial charge is 0.418 e. The third-order valence-electron chi connectivity index (χ3n) is 4.94. The number of likely N-dealkylation sites (N-methyl/N-ethyl adjacent to an activating group) is 1. The number of rotatable bonds is 6. The Morgan fingerprint density at radius 1 is 1.17 bits per heavy atom. The van der Waals surface area contributed by atoms with Gasteiger partial charge in [-0.25, -0.2) is 0 Å². The van der Waals surface area contributed by atoms with Gasteiger partial charge in [-0.3, -0.25) is 14.6 Å². The third kappa shape index (κ3) is 5.08. The highest BCUT2D eigenvalue weighted by Gasteiger charge is 2.33. The molecule has 2 heterocycles. The van der Waals surface area contributed by atoms with Crippen LogP contribution < -0.4 is 10.2 Å². The fourth-order valence-electron chi connectivity index (χ4n) is 3.40.